The molecule has 0 N–H and O–H groups in total. The number of aromatic nitrogens is 3. The molecular weight excluding hydrogens is 258 g/mol. The van der Waals surface area contributed by atoms with Gasteiger partial charge < -0.3 is 9.26 Å². The van der Waals surface area contributed by atoms with Crippen LogP contribution in [-0.4, -0.2) is 21.3 Å². The molecule has 2 aromatic rings. The lowest BCUT2D eigenvalue weighted by Gasteiger charge is -2.06. The minimum atomic E-state index is -0.511. The number of hydrogen-bond donors (Lipinski definition) is 0. The van der Waals surface area contributed by atoms with Gasteiger partial charge in [0, 0.05) is 6.07 Å². The van der Waals surface area contributed by atoms with E-state index in [1.165, 1.54) is 6.26 Å². The zero-order chi connectivity index (χ0) is 14.1. The lowest BCUT2D eigenvalue weighted by molar-refractivity contribution is 0.0724. The third-order valence-corrected chi connectivity index (χ3v) is 3.41. The van der Waals surface area contributed by atoms with Gasteiger partial charge in [-0.1, -0.05) is 12.1 Å². The lowest BCUT2D eigenvalue weighted by Crippen LogP contribution is -2.12. The van der Waals surface area contributed by atoms with E-state index in [9.17, 15) is 4.79 Å². The normalized spacial score (nSPS) is 14.3. The van der Waals surface area contributed by atoms with E-state index in [0.29, 0.717) is 23.6 Å². The van der Waals surface area contributed by atoms with Gasteiger partial charge in [-0.25, -0.2) is 4.79 Å². The first-order valence-electron chi connectivity index (χ1n) is 6.68. The fourth-order valence-corrected chi connectivity index (χ4v) is 2.14. The Kier molecular flexibility index (Phi) is 3.22. The quantitative estimate of drug-likeness (QED) is 0.796. The predicted molar refractivity (Wildman–Crippen MR) is 69.6 cm³/mol. The van der Waals surface area contributed by atoms with Crippen LogP contribution in [0.2, 0.25) is 0 Å². The molecule has 0 saturated heterocycles. The molecule has 0 aliphatic heterocycles. The maximum Gasteiger partial charge on any atom is 0.350 e. The molecule has 0 aromatic carbocycles. The number of hydrogen-bond acceptors (Lipinski definition) is 6. The molecule has 0 amide bonds. The van der Waals surface area contributed by atoms with E-state index < -0.39 is 5.97 Å². The monoisotopic (exact) mass is 273 g/mol. The highest BCUT2D eigenvalue weighted by molar-refractivity contribution is 5.91. The average Bonchev–Trinajstić information content (AvgIpc) is 3.17. The minimum absolute atomic E-state index is 0.228. The number of nitrogens with zero attached hydrogens (tertiary/aromatic N) is 3. The molecule has 6 heteroatoms. The number of esters is 1. The molecule has 2 heterocycles. The van der Waals surface area contributed by atoms with Crippen LogP contribution >= 0.6 is 0 Å². The van der Waals surface area contributed by atoms with Gasteiger partial charge in [0.2, 0.25) is 5.88 Å². The second-order valence-electron chi connectivity index (χ2n) is 4.92. The summed E-state index contributed by atoms with van der Waals surface area (Å²) in [7, 11) is 0. The van der Waals surface area contributed by atoms with Gasteiger partial charge in [-0.3, -0.25) is 0 Å². The van der Waals surface area contributed by atoms with Gasteiger partial charge in [-0.05, 0) is 37.7 Å². The van der Waals surface area contributed by atoms with Crippen molar-refractivity contribution in [1.29, 1.82) is 0 Å². The average molecular weight is 273 g/mol. The van der Waals surface area contributed by atoms with Crippen LogP contribution in [0.1, 0.15) is 53.0 Å². The van der Waals surface area contributed by atoms with E-state index in [1.807, 2.05) is 13.8 Å². The Morgan fingerprint density at radius 1 is 1.45 bits per heavy atom. The molecule has 3 rings (SSSR count). The molecule has 0 bridgehead atoms. The summed E-state index contributed by atoms with van der Waals surface area (Å²) in [4.78, 5) is 12.0. The summed E-state index contributed by atoms with van der Waals surface area (Å²) in [5.41, 5.74) is 2.93. The summed E-state index contributed by atoms with van der Waals surface area (Å²) in [6.45, 7) is 3.81. The fraction of sp³-hybridized carbons (Fsp3) is 0.429. The van der Waals surface area contributed by atoms with E-state index in [2.05, 4.69) is 15.4 Å². The Morgan fingerprint density at radius 2 is 2.25 bits per heavy atom. The highest BCUT2D eigenvalue weighted by Crippen LogP contribution is 2.41. The van der Waals surface area contributed by atoms with Crippen molar-refractivity contribution in [2.24, 2.45) is 0 Å². The summed E-state index contributed by atoms with van der Waals surface area (Å²) in [6, 6.07) is 1.80. The van der Waals surface area contributed by atoms with Crippen molar-refractivity contribution in [3.8, 4) is 5.88 Å². The van der Waals surface area contributed by atoms with Gasteiger partial charge in [0.1, 0.15) is 11.8 Å². The molecule has 0 radical (unpaired) electrons. The molecule has 0 unspecified atom stereocenters. The van der Waals surface area contributed by atoms with Crippen molar-refractivity contribution in [2.45, 2.75) is 39.0 Å². The van der Waals surface area contributed by atoms with Crippen LogP contribution in [0.3, 0.4) is 0 Å². The fourth-order valence-electron chi connectivity index (χ4n) is 2.14. The Hall–Kier alpha value is -2.24. The first kappa shape index (κ1) is 12.8. The summed E-state index contributed by atoms with van der Waals surface area (Å²) in [5, 5.41) is 11.7. The zero-order valence-electron chi connectivity index (χ0n) is 11.4. The van der Waals surface area contributed by atoms with Crippen molar-refractivity contribution in [3.05, 3.63) is 34.8 Å². The highest BCUT2D eigenvalue weighted by atomic mass is 16.5. The van der Waals surface area contributed by atoms with E-state index in [0.717, 1.165) is 24.1 Å². The summed E-state index contributed by atoms with van der Waals surface area (Å²) >= 11 is 0. The van der Waals surface area contributed by atoms with Gasteiger partial charge in [-0.2, -0.15) is 5.10 Å². The molecular formula is C14H15N3O3. The maximum absolute atomic E-state index is 12.0. The van der Waals surface area contributed by atoms with Crippen molar-refractivity contribution in [3.63, 3.8) is 0 Å². The smallest absolute Gasteiger partial charge is 0.350 e. The van der Waals surface area contributed by atoms with E-state index in [1.54, 1.807) is 6.07 Å². The third-order valence-electron chi connectivity index (χ3n) is 3.41. The molecule has 1 aliphatic carbocycles. The second kappa shape index (κ2) is 5.03. The second-order valence-corrected chi connectivity index (χ2v) is 4.92. The van der Waals surface area contributed by atoms with E-state index in [4.69, 9.17) is 9.26 Å². The van der Waals surface area contributed by atoms with E-state index in [-0.39, 0.29) is 5.88 Å². The molecule has 1 saturated carbocycles. The minimum Gasteiger partial charge on any atom is -0.402 e. The van der Waals surface area contributed by atoms with Gasteiger partial charge in [-0.15, -0.1) is 5.10 Å². The van der Waals surface area contributed by atoms with Crippen molar-refractivity contribution < 1.29 is 14.1 Å². The molecule has 104 valence electrons. The van der Waals surface area contributed by atoms with Crippen LogP contribution in [-0.2, 0) is 6.42 Å². The van der Waals surface area contributed by atoms with Gasteiger partial charge in [0.25, 0.3) is 0 Å². The number of rotatable bonds is 4. The predicted octanol–water partition coefficient (Wildman–Crippen LogP) is 2.43. The molecule has 0 spiro atoms. The van der Waals surface area contributed by atoms with Gasteiger partial charge in [0.05, 0.1) is 11.4 Å². The first-order valence-corrected chi connectivity index (χ1v) is 6.68. The Bertz CT molecular complexity index is 647. The standard InChI is InChI=1S/C14H15N3O3/c1-3-12-11(7-19-17-12)14(18)20-13-6-10(9-4-5-9)8(2)15-16-13/h6-7,9H,3-5H2,1-2H3. The molecule has 20 heavy (non-hydrogen) atoms. The largest absolute Gasteiger partial charge is 0.402 e. The van der Waals surface area contributed by atoms with Crippen LogP contribution in [0, 0.1) is 6.92 Å². The van der Waals surface area contributed by atoms with Crippen LogP contribution in [0.5, 0.6) is 5.88 Å². The van der Waals surface area contributed by atoms with Crippen LogP contribution in [0.4, 0.5) is 0 Å². The first-order chi connectivity index (χ1) is 9.69. The summed E-state index contributed by atoms with van der Waals surface area (Å²) < 4.78 is 10.1. The summed E-state index contributed by atoms with van der Waals surface area (Å²) in [5.74, 6) is 0.249. The Labute approximate surface area is 116 Å². The van der Waals surface area contributed by atoms with Crippen LogP contribution in [0.15, 0.2) is 16.9 Å². The van der Waals surface area contributed by atoms with Crippen molar-refractivity contribution in [1.82, 2.24) is 15.4 Å². The van der Waals surface area contributed by atoms with Crippen LogP contribution in [0.25, 0.3) is 0 Å². The van der Waals surface area contributed by atoms with Gasteiger partial charge in [0.15, 0.2) is 0 Å². The number of aryl methyl sites for hydroxylation is 2. The topological polar surface area (TPSA) is 78.1 Å². The highest BCUT2D eigenvalue weighted by Gasteiger charge is 2.27. The SMILES string of the molecule is CCc1nocc1C(=O)Oc1cc(C2CC2)c(C)nn1. The molecule has 0 atom stereocenters. The number of carbonyl (C=O) groups is 1. The molecule has 2 aromatic heterocycles. The Morgan fingerprint density at radius 3 is 2.95 bits per heavy atom. The summed E-state index contributed by atoms with van der Waals surface area (Å²) in [6.07, 6.45) is 4.22. The van der Waals surface area contributed by atoms with E-state index >= 15 is 0 Å². The van der Waals surface area contributed by atoms with Crippen molar-refractivity contribution in [2.75, 3.05) is 0 Å². The van der Waals surface area contributed by atoms with Gasteiger partial charge >= 0.3 is 5.97 Å². The maximum atomic E-state index is 12.0. The van der Waals surface area contributed by atoms with Crippen LogP contribution < -0.4 is 4.74 Å². The van der Waals surface area contributed by atoms with Crippen molar-refractivity contribution >= 4 is 5.97 Å². The third kappa shape index (κ3) is 2.41. The number of carbonyl (C=O) groups excluding carboxylic acids is 1. The number of ether oxygens (including phenoxy) is 1. The zero-order valence-corrected chi connectivity index (χ0v) is 11.4. The molecule has 6 nitrogen and oxygen atoms in total. The molecule has 1 fully saturated rings. The molecule has 1 aliphatic rings. The Balaban J connectivity index is 1.81. The lowest BCUT2D eigenvalue weighted by atomic mass is 10.1.